The summed E-state index contributed by atoms with van der Waals surface area (Å²) in [6, 6.07) is 7.79. The number of ketones is 1. The van der Waals surface area contributed by atoms with E-state index >= 15 is 0 Å². The molecule has 3 nitrogen and oxygen atoms in total. The van der Waals surface area contributed by atoms with E-state index in [0.717, 1.165) is 45.4 Å². The number of hydrogen-bond donors (Lipinski definition) is 0. The van der Waals surface area contributed by atoms with Gasteiger partial charge in [-0.2, -0.15) is 5.26 Å². The predicted octanol–water partition coefficient (Wildman–Crippen LogP) is 7.26. The van der Waals surface area contributed by atoms with Crippen molar-refractivity contribution in [3.63, 3.8) is 0 Å². The third kappa shape index (κ3) is 6.43. The van der Waals surface area contributed by atoms with E-state index in [1.54, 1.807) is 19.1 Å². The lowest BCUT2D eigenvalue weighted by atomic mass is 9.76. The first-order valence-corrected chi connectivity index (χ1v) is 10.6. The molecule has 1 rings (SSSR count). The lowest BCUT2D eigenvalue weighted by Crippen LogP contribution is -2.18. The van der Waals surface area contributed by atoms with Gasteiger partial charge in [0.2, 0.25) is 0 Å². The molecule has 0 aliphatic heterocycles. The molecular weight excluding hydrogens is 382 g/mol. The number of aryl methyl sites for hydroxylation is 1. The molecule has 0 aliphatic rings. The first-order valence-electron chi connectivity index (χ1n) is 10.6. The monoisotopic (exact) mass is 417 g/mol. The highest BCUT2D eigenvalue weighted by atomic mass is 16.5. The molecule has 0 saturated carbocycles. The van der Waals surface area contributed by atoms with Crippen LogP contribution in [-0.2, 0) is 9.53 Å². The average Bonchev–Trinajstić information content (AvgIpc) is 2.71. The smallest absolute Gasteiger partial charge is 0.156 e. The van der Waals surface area contributed by atoms with E-state index in [0.29, 0.717) is 17.9 Å². The van der Waals surface area contributed by atoms with Crippen LogP contribution in [0.4, 0.5) is 0 Å². The molecule has 0 aliphatic carbocycles. The second-order valence-corrected chi connectivity index (χ2v) is 7.98. The Hall–Kier alpha value is -3.12. The van der Waals surface area contributed by atoms with Crippen LogP contribution in [0.25, 0.3) is 0 Å². The summed E-state index contributed by atoms with van der Waals surface area (Å²) in [5.41, 5.74) is 7.07. The molecule has 0 radical (unpaired) electrons. The quantitative estimate of drug-likeness (QED) is 0.228. The van der Waals surface area contributed by atoms with Gasteiger partial charge in [0.1, 0.15) is 5.76 Å². The third-order valence-corrected chi connectivity index (χ3v) is 5.35. The predicted molar refractivity (Wildman–Crippen MR) is 130 cm³/mol. The number of rotatable bonds is 10. The summed E-state index contributed by atoms with van der Waals surface area (Å²) in [5, 5.41) is 9.32. The van der Waals surface area contributed by atoms with Crippen molar-refractivity contribution in [2.24, 2.45) is 0 Å². The Morgan fingerprint density at radius 2 is 1.84 bits per heavy atom. The number of ether oxygens (including phenoxy) is 1. The molecule has 0 saturated heterocycles. The van der Waals surface area contributed by atoms with Crippen LogP contribution < -0.4 is 0 Å². The molecule has 164 valence electrons. The number of nitriles is 1. The van der Waals surface area contributed by atoms with Crippen molar-refractivity contribution >= 4 is 5.78 Å². The summed E-state index contributed by atoms with van der Waals surface area (Å²) in [4.78, 5) is 12.9. The highest BCUT2D eigenvalue weighted by Crippen LogP contribution is 2.42. The standard InChI is InChI=1S/C28H35NO2/c1-10-12-19(5)21(7)27(23(9)31-15-11-2)28(26(18(3)4)22(8)30)25-14-13-24(17-29)16-20(25)6/h10,12-14,16,28H,1,9,11,15H2,2-8H3/b19-12-,27-21+/t28-/m1/s1. The van der Waals surface area contributed by atoms with Gasteiger partial charge in [-0.25, -0.2) is 0 Å². The molecule has 1 aromatic rings. The SMILES string of the molecule is C=C/C=C(C)\C(C)=C(/C(=C)OCCC)[C@@H](C(C(C)=O)=C(C)C)c1ccc(C#N)cc1C. The maximum absolute atomic E-state index is 12.9. The van der Waals surface area contributed by atoms with Crippen molar-refractivity contribution in [1.82, 2.24) is 0 Å². The maximum atomic E-state index is 12.9. The van der Waals surface area contributed by atoms with Gasteiger partial charge in [-0.3, -0.25) is 4.79 Å². The van der Waals surface area contributed by atoms with E-state index in [1.165, 1.54) is 0 Å². The summed E-state index contributed by atoms with van der Waals surface area (Å²) in [6.07, 6.45) is 4.55. The number of Topliss-reactive ketones (excluding diaryl/α,β-unsaturated/α-hetero) is 1. The molecule has 0 fully saturated rings. The molecule has 1 aromatic carbocycles. The van der Waals surface area contributed by atoms with Crippen LogP contribution in [0, 0.1) is 18.3 Å². The molecule has 0 spiro atoms. The maximum Gasteiger partial charge on any atom is 0.156 e. The van der Waals surface area contributed by atoms with Crippen molar-refractivity contribution in [3.05, 3.63) is 93.8 Å². The van der Waals surface area contributed by atoms with E-state index in [1.807, 2.05) is 59.8 Å². The summed E-state index contributed by atoms with van der Waals surface area (Å²) in [5.74, 6) is 0.213. The normalized spacial score (nSPS) is 12.9. The topological polar surface area (TPSA) is 50.1 Å². The van der Waals surface area contributed by atoms with Crippen molar-refractivity contribution < 1.29 is 9.53 Å². The Bertz CT molecular complexity index is 992. The Morgan fingerprint density at radius 1 is 1.19 bits per heavy atom. The van der Waals surface area contributed by atoms with Gasteiger partial charge < -0.3 is 4.74 Å². The fourth-order valence-electron chi connectivity index (χ4n) is 3.77. The summed E-state index contributed by atoms with van der Waals surface area (Å²) < 4.78 is 6.01. The van der Waals surface area contributed by atoms with E-state index < -0.39 is 0 Å². The average molecular weight is 418 g/mol. The zero-order valence-corrected chi connectivity index (χ0v) is 20.1. The minimum atomic E-state index is -0.354. The molecular formula is C28H35NO2. The number of benzene rings is 1. The number of allylic oxidation sites excluding steroid dienone is 7. The lowest BCUT2D eigenvalue weighted by Gasteiger charge is -2.29. The van der Waals surface area contributed by atoms with E-state index in [-0.39, 0.29) is 11.7 Å². The number of carbonyl (C=O) groups excluding carboxylic acids is 1. The fraction of sp³-hybridized carbons (Fsp3) is 0.357. The number of hydrogen-bond acceptors (Lipinski definition) is 3. The second-order valence-electron chi connectivity index (χ2n) is 7.98. The van der Waals surface area contributed by atoms with Crippen LogP contribution in [0.3, 0.4) is 0 Å². The Morgan fingerprint density at radius 3 is 2.29 bits per heavy atom. The summed E-state index contributed by atoms with van der Waals surface area (Å²) >= 11 is 0. The van der Waals surface area contributed by atoms with Gasteiger partial charge in [0.25, 0.3) is 0 Å². The lowest BCUT2D eigenvalue weighted by molar-refractivity contribution is -0.113. The van der Waals surface area contributed by atoms with Crippen LogP contribution in [0.15, 0.2) is 77.1 Å². The number of nitrogens with zero attached hydrogens (tertiary/aromatic N) is 1. The highest BCUT2D eigenvalue weighted by molar-refractivity contribution is 5.96. The van der Waals surface area contributed by atoms with Gasteiger partial charge in [-0.15, -0.1) is 0 Å². The van der Waals surface area contributed by atoms with E-state index in [2.05, 4.69) is 19.2 Å². The van der Waals surface area contributed by atoms with Gasteiger partial charge in [0.15, 0.2) is 5.78 Å². The molecule has 0 unspecified atom stereocenters. The molecule has 0 heterocycles. The highest BCUT2D eigenvalue weighted by Gasteiger charge is 2.30. The van der Waals surface area contributed by atoms with Gasteiger partial charge >= 0.3 is 0 Å². The van der Waals surface area contributed by atoms with Crippen LogP contribution in [0.5, 0.6) is 0 Å². The molecule has 0 aromatic heterocycles. The zero-order chi connectivity index (χ0) is 23.7. The van der Waals surface area contributed by atoms with Crippen LogP contribution in [-0.4, -0.2) is 12.4 Å². The molecule has 0 N–H and O–H groups in total. The zero-order valence-electron chi connectivity index (χ0n) is 20.1. The van der Waals surface area contributed by atoms with Crippen molar-refractivity contribution in [3.8, 4) is 6.07 Å². The van der Waals surface area contributed by atoms with E-state index in [9.17, 15) is 10.1 Å². The van der Waals surface area contributed by atoms with Crippen LogP contribution in [0.1, 0.15) is 70.6 Å². The van der Waals surface area contributed by atoms with Gasteiger partial charge in [-0.1, -0.05) is 43.9 Å². The first-order chi connectivity index (χ1) is 14.6. The molecule has 0 bridgehead atoms. The van der Waals surface area contributed by atoms with Crippen LogP contribution in [0.2, 0.25) is 0 Å². The third-order valence-electron chi connectivity index (χ3n) is 5.35. The summed E-state index contributed by atoms with van der Waals surface area (Å²) in [7, 11) is 0. The molecule has 31 heavy (non-hydrogen) atoms. The largest absolute Gasteiger partial charge is 0.494 e. The molecule has 1 atom stereocenters. The van der Waals surface area contributed by atoms with Crippen molar-refractivity contribution in [1.29, 1.82) is 5.26 Å². The van der Waals surface area contributed by atoms with Crippen molar-refractivity contribution in [2.75, 3.05) is 6.61 Å². The Balaban J connectivity index is 4.05. The van der Waals surface area contributed by atoms with Gasteiger partial charge in [0, 0.05) is 17.1 Å². The second kappa shape index (κ2) is 11.9. The fourth-order valence-corrected chi connectivity index (χ4v) is 3.77. The van der Waals surface area contributed by atoms with Gasteiger partial charge in [-0.05, 0) is 82.4 Å². The minimum Gasteiger partial charge on any atom is -0.494 e. The van der Waals surface area contributed by atoms with Gasteiger partial charge in [0.05, 0.1) is 18.2 Å². The molecule has 3 heteroatoms. The van der Waals surface area contributed by atoms with Crippen LogP contribution >= 0.6 is 0 Å². The van der Waals surface area contributed by atoms with E-state index in [4.69, 9.17) is 4.74 Å². The van der Waals surface area contributed by atoms with Crippen molar-refractivity contribution in [2.45, 2.75) is 60.8 Å². The minimum absolute atomic E-state index is 0.00713. The summed E-state index contributed by atoms with van der Waals surface area (Å²) in [6.45, 7) is 22.2. The number of carbonyl (C=O) groups is 1. The Kier molecular flexibility index (Phi) is 9.96. The first kappa shape index (κ1) is 25.9. The Labute approximate surface area is 188 Å². The molecule has 0 amide bonds.